The second kappa shape index (κ2) is 7.32. The van der Waals surface area contributed by atoms with E-state index in [2.05, 4.69) is 6.92 Å². The fraction of sp³-hybridized carbons (Fsp3) is 0.562. The Morgan fingerprint density at radius 3 is 2.80 bits per heavy atom. The van der Waals surface area contributed by atoms with Crippen LogP contribution in [0.25, 0.3) is 0 Å². The van der Waals surface area contributed by atoms with Gasteiger partial charge in [-0.05, 0) is 50.0 Å². The molecule has 1 aromatic carbocycles. The van der Waals surface area contributed by atoms with E-state index in [0.29, 0.717) is 17.0 Å². The Morgan fingerprint density at radius 2 is 2.15 bits per heavy atom. The Hall–Kier alpha value is -0.740. The molecule has 1 aliphatic rings. The van der Waals surface area contributed by atoms with Gasteiger partial charge in [0.25, 0.3) is 0 Å². The van der Waals surface area contributed by atoms with Gasteiger partial charge in [-0.15, -0.1) is 11.8 Å². The predicted octanol–water partition coefficient (Wildman–Crippen LogP) is 4.39. The van der Waals surface area contributed by atoms with Gasteiger partial charge in [0.15, 0.2) is 0 Å². The van der Waals surface area contributed by atoms with Crippen molar-refractivity contribution in [3.05, 3.63) is 23.8 Å². The number of nitrogens with two attached hydrogens (primary N) is 1. The molecule has 1 fully saturated rings. The molecule has 110 valence electrons. The molecule has 0 aromatic heterocycles. The molecule has 0 spiro atoms. The van der Waals surface area contributed by atoms with E-state index < -0.39 is 0 Å². The van der Waals surface area contributed by atoms with Crippen molar-refractivity contribution in [1.82, 2.24) is 0 Å². The summed E-state index contributed by atoms with van der Waals surface area (Å²) in [5, 5.41) is 0. The molecule has 0 aliphatic heterocycles. The van der Waals surface area contributed by atoms with Crippen LogP contribution in [0.5, 0.6) is 5.75 Å². The van der Waals surface area contributed by atoms with Crippen molar-refractivity contribution >= 4 is 29.0 Å². The van der Waals surface area contributed by atoms with Gasteiger partial charge in [0.2, 0.25) is 0 Å². The molecule has 2 unspecified atom stereocenters. The van der Waals surface area contributed by atoms with Crippen molar-refractivity contribution in [2.45, 2.75) is 50.0 Å². The standard InChI is InChI=1S/C16H23NOS2/c1-3-11-7-4-5-8-12(11)18-13-9-6-10-14(20-2)15(13)16(17)19/h6,9-12H,3-5,7-8H2,1-2H3,(H2,17,19). The number of thioether (sulfide) groups is 1. The minimum atomic E-state index is 0.305. The van der Waals surface area contributed by atoms with Gasteiger partial charge in [0.1, 0.15) is 16.8 Å². The molecule has 1 aromatic rings. The first-order valence-corrected chi connectivity index (χ1v) is 8.94. The Kier molecular flexibility index (Phi) is 5.73. The first-order valence-electron chi connectivity index (χ1n) is 7.30. The van der Waals surface area contributed by atoms with E-state index in [0.717, 1.165) is 22.6 Å². The van der Waals surface area contributed by atoms with Crippen LogP contribution in [0.2, 0.25) is 0 Å². The van der Waals surface area contributed by atoms with Crippen molar-refractivity contribution in [2.24, 2.45) is 11.7 Å². The van der Waals surface area contributed by atoms with Crippen LogP contribution in [0.1, 0.15) is 44.6 Å². The lowest BCUT2D eigenvalue weighted by atomic mass is 9.84. The number of ether oxygens (including phenoxy) is 1. The highest BCUT2D eigenvalue weighted by molar-refractivity contribution is 7.98. The fourth-order valence-corrected chi connectivity index (χ4v) is 3.89. The van der Waals surface area contributed by atoms with E-state index in [9.17, 15) is 0 Å². The minimum absolute atomic E-state index is 0.305. The van der Waals surface area contributed by atoms with E-state index in [4.69, 9.17) is 22.7 Å². The third kappa shape index (κ3) is 3.47. The zero-order valence-corrected chi connectivity index (χ0v) is 13.9. The first-order chi connectivity index (χ1) is 9.67. The van der Waals surface area contributed by atoms with E-state index in [1.54, 1.807) is 11.8 Å². The summed E-state index contributed by atoms with van der Waals surface area (Å²) in [6.07, 6.45) is 8.51. The van der Waals surface area contributed by atoms with Gasteiger partial charge in [-0.3, -0.25) is 0 Å². The fourth-order valence-electron chi connectivity index (χ4n) is 2.98. The third-order valence-corrected chi connectivity index (χ3v) is 5.08. The lowest BCUT2D eigenvalue weighted by Gasteiger charge is -2.32. The molecular weight excluding hydrogens is 286 g/mol. The van der Waals surface area contributed by atoms with Crippen molar-refractivity contribution in [3.8, 4) is 5.75 Å². The topological polar surface area (TPSA) is 35.2 Å². The summed E-state index contributed by atoms with van der Waals surface area (Å²) in [6, 6.07) is 6.06. The van der Waals surface area contributed by atoms with Gasteiger partial charge >= 0.3 is 0 Å². The van der Waals surface area contributed by atoms with Crippen LogP contribution in [-0.2, 0) is 0 Å². The molecule has 0 bridgehead atoms. The first kappa shape index (κ1) is 15.6. The maximum Gasteiger partial charge on any atom is 0.131 e. The second-order valence-electron chi connectivity index (χ2n) is 5.31. The number of hydrogen-bond acceptors (Lipinski definition) is 3. The van der Waals surface area contributed by atoms with Gasteiger partial charge in [-0.1, -0.05) is 31.6 Å². The van der Waals surface area contributed by atoms with Crippen LogP contribution in [0.4, 0.5) is 0 Å². The van der Waals surface area contributed by atoms with Crippen molar-refractivity contribution < 1.29 is 4.74 Å². The molecule has 0 amide bonds. The monoisotopic (exact) mass is 309 g/mol. The molecule has 1 aliphatic carbocycles. The number of rotatable bonds is 5. The van der Waals surface area contributed by atoms with Crippen LogP contribution >= 0.6 is 24.0 Å². The third-order valence-electron chi connectivity index (χ3n) is 4.10. The maximum atomic E-state index is 6.31. The molecule has 4 heteroatoms. The molecule has 20 heavy (non-hydrogen) atoms. The zero-order chi connectivity index (χ0) is 14.5. The van der Waals surface area contributed by atoms with Crippen molar-refractivity contribution in [3.63, 3.8) is 0 Å². The van der Waals surface area contributed by atoms with Crippen LogP contribution in [0.15, 0.2) is 23.1 Å². The predicted molar refractivity (Wildman–Crippen MR) is 90.8 cm³/mol. The van der Waals surface area contributed by atoms with Gasteiger partial charge in [0.05, 0.1) is 5.56 Å². The molecule has 2 rings (SSSR count). The molecular formula is C16H23NOS2. The Balaban J connectivity index is 2.26. The number of hydrogen-bond donors (Lipinski definition) is 1. The molecule has 2 N–H and O–H groups in total. The Bertz CT molecular complexity index is 476. The summed E-state index contributed by atoms with van der Waals surface area (Å²) in [5.41, 5.74) is 6.80. The summed E-state index contributed by atoms with van der Waals surface area (Å²) in [6.45, 7) is 2.25. The smallest absolute Gasteiger partial charge is 0.131 e. The second-order valence-corrected chi connectivity index (χ2v) is 6.59. The molecule has 2 nitrogen and oxygen atoms in total. The summed E-state index contributed by atoms with van der Waals surface area (Å²) in [7, 11) is 0. The van der Waals surface area contributed by atoms with Crippen LogP contribution < -0.4 is 10.5 Å². The quantitative estimate of drug-likeness (QED) is 0.646. The summed E-state index contributed by atoms with van der Waals surface area (Å²) in [4.78, 5) is 1.52. The highest BCUT2D eigenvalue weighted by atomic mass is 32.2. The minimum Gasteiger partial charge on any atom is -0.489 e. The van der Waals surface area contributed by atoms with Gasteiger partial charge in [-0.25, -0.2) is 0 Å². The number of benzene rings is 1. The summed E-state index contributed by atoms with van der Waals surface area (Å²) < 4.78 is 6.31. The average molecular weight is 310 g/mol. The van der Waals surface area contributed by atoms with Crippen LogP contribution in [-0.4, -0.2) is 17.3 Å². The van der Waals surface area contributed by atoms with E-state index in [1.807, 2.05) is 24.5 Å². The van der Waals surface area contributed by atoms with Gasteiger partial charge < -0.3 is 10.5 Å². The highest BCUT2D eigenvalue weighted by Gasteiger charge is 2.26. The Labute approximate surface area is 131 Å². The van der Waals surface area contributed by atoms with Crippen molar-refractivity contribution in [1.29, 1.82) is 0 Å². The maximum absolute atomic E-state index is 6.31. The normalized spacial score (nSPS) is 22.5. The van der Waals surface area contributed by atoms with Gasteiger partial charge in [-0.2, -0.15) is 0 Å². The SMILES string of the molecule is CCC1CCCCC1Oc1cccc(SC)c1C(N)=S. The van der Waals surface area contributed by atoms with Crippen LogP contribution in [0.3, 0.4) is 0 Å². The average Bonchev–Trinajstić information content (AvgIpc) is 2.47. The highest BCUT2D eigenvalue weighted by Crippen LogP contribution is 2.34. The molecule has 0 radical (unpaired) electrons. The van der Waals surface area contributed by atoms with E-state index in [-0.39, 0.29) is 0 Å². The van der Waals surface area contributed by atoms with Gasteiger partial charge in [0, 0.05) is 4.90 Å². The molecule has 2 atom stereocenters. The lowest BCUT2D eigenvalue weighted by Crippen LogP contribution is -2.30. The van der Waals surface area contributed by atoms with E-state index in [1.165, 1.54) is 25.7 Å². The summed E-state index contributed by atoms with van der Waals surface area (Å²) >= 11 is 6.87. The number of thiocarbonyl (C=S) groups is 1. The lowest BCUT2D eigenvalue weighted by molar-refractivity contribution is 0.0900. The Morgan fingerprint density at radius 1 is 1.40 bits per heavy atom. The van der Waals surface area contributed by atoms with Crippen molar-refractivity contribution in [2.75, 3.05) is 6.26 Å². The summed E-state index contributed by atoms with van der Waals surface area (Å²) in [5.74, 6) is 1.51. The zero-order valence-electron chi connectivity index (χ0n) is 12.2. The molecule has 0 heterocycles. The largest absolute Gasteiger partial charge is 0.489 e. The molecule has 1 saturated carbocycles. The van der Waals surface area contributed by atoms with E-state index >= 15 is 0 Å². The van der Waals surface area contributed by atoms with Crippen LogP contribution in [0, 0.1) is 5.92 Å². The molecule has 0 saturated heterocycles.